The number of hydrogen-bond donors (Lipinski definition) is 1. The fraction of sp³-hybridized carbons (Fsp3) is 0.423. The zero-order valence-corrected chi connectivity index (χ0v) is 20.6. The molecule has 7 heteroatoms. The van der Waals surface area contributed by atoms with Crippen LogP contribution in [0.2, 0.25) is 5.02 Å². The number of nitrogens with one attached hydrogen (secondary N) is 1. The minimum atomic E-state index is -0.162. The molecule has 6 nitrogen and oxygen atoms in total. The van der Waals surface area contributed by atoms with Gasteiger partial charge in [0.2, 0.25) is 5.91 Å². The zero-order valence-electron chi connectivity index (χ0n) is 19.8. The van der Waals surface area contributed by atoms with Gasteiger partial charge in [-0.25, -0.2) is 4.98 Å². The number of amides is 2. The van der Waals surface area contributed by atoms with Gasteiger partial charge in [0, 0.05) is 36.6 Å². The van der Waals surface area contributed by atoms with Crippen molar-refractivity contribution in [3.05, 3.63) is 64.9 Å². The summed E-state index contributed by atoms with van der Waals surface area (Å²) in [4.78, 5) is 32.4. The van der Waals surface area contributed by atoms with E-state index in [9.17, 15) is 9.59 Å². The van der Waals surface area contributed by atoms with Crippen molar-refractivity contribution in [2.75, 3.05) is 19.6 Å². The van der Waals surface area contributed by atoms with Crippen LogP contribution in [0.3, 0.4) is 0 Å². The molecule has 1 aromatic heterocycles. The molecule has 3 rings (SSSR count). The number of nitrogens with zero attached hydrogens (tertiary/aromatic N) is 3. The molecule has 1 N–H and O–H groups in total. The molecular formula is C26H33ClN4O2. The van der Waals surface area contributed by atoms with E-state index in [1.54, 1.807) is 24.3 Å². The summed E-state index contributed by atoms with van der Waals surface area (Å²) in [5.74, 6) is 1.51. The molecule has 2 aromatic carbocycles. The highest BCUT2D eigenvalue weighted by Crippen LogP contribution is 2.18. The van der Waals surface area contributed by atoms with Crippen molar-refractivity contribution in [1.29, 1.82) is 0 Å². The van der Waals surface area contributed by atoms with E-state index in [0.717, 1.165) is 29.9 Å². The zero-order chi connectivity index (χ0) is 24.0. The molecule has 0 radical (unpaired) electrons. The molecule has 0 saturated carbocycles. The van der Waals surface area contributed by atoms with Crippen molar-refractivity contribution in [3.63, 3.8) is 0 Å². The molecule has 2 amide bonds. The van der Waals surface area contributed by atoms with Crippen LogP contribution in [0.4, 0.5) is 0 Å². The van der Waals surface area contributed by atoms with Gasteiger partial charge in [-0.05, 0) is 48.2 Å². The summed E-state index contributed by atoms with van der Waals surface area (Å²) in [5, 5.41) is 3.53. The van der Waals surface area contributed by atoms with E-state index in [1.807, 2.05) is 33.7 Å². The highest BCUT2D eigenvalue weighted by atomic mass is 35.5. The van der Waals surface area contributed by atoms with Gasteiger partial charge in [0.1, 0.15) is 12.4 Å². The molecule has 0 aliphatic rings. The average molecular weight is 469 g/mol. The number of hydrogen-bond acceptors (Lipinski definition) is 3. The second kappa shape index (κ2) is 11.3. The van der Waals surface area contributed by atoms with E-state index in [4.69, 9.17) is 16.6 Å². The molecule has 176 valence electrons. The highest BCUT2D eigenvalue weighted by Gasteiger charge is 2.20. The molecule has 0 spiro atoms. The van der Waals surface area contributed by atoms with E-state index in [-0.39, 0.29) is 18.4 Å². The van der Waals surface area contributed by atoms with E-state index in [2.05, 4.69) is 33.0 Å². The van der Waals surface area contributed by atoms with Gasteiger partial charge in [-0.15, -0.1) is 0 Å². The Balaban J connectivity index is 1.75. The summed E-state index contributed by atoms with van der Waals surface area (Å²) < 4.78 is 1.99. The maximum atomic E-state index is 13.3. The molecular weight excluding hydrogens is 436 g/mol. The third-order valence-corrected chi connectivity index (χ3v) is 5.54. The van der Waals surface area contributed by atoms with Gasteiger partial charge in [0.15, 0.2) is 0 Å². The van der Waals surface area contributed by atoms with Gasteiger partial charge in [-0.3, -0.25) is 9.59 Å². The molecule has 0 aliphatic carbocycles. The smallest absolute Gasteiger partial charge is 0.251 e. The second-order valence-corrected chi connectivity index (χ2v) is 9.64. The lowest BCUT2D eigenvalue weighted by Gasteiger charge is -2.27. The van der Waals surface area contributed by atoms with Crippen molar-refractivity contribution >= 4 is 34.4 Å². The van der Waals surface area contributed by atoms with E-state index in [0.29, 0.717) is 35.4 Å². The first-order valence-corrected chi connectivity index (χ1v) is 11.9. The Morgan fingerprint density at radius 2 is 1.64 bits per heavy atom. The molecule has 0 fully saturated rings. The summed E-state index contributed by atoms with van der Waals surface area (Å²) in [5.41, 5.74) is 2.34. The first-order chi connectivity index (χ1) is 15.7. The first kappa shape index (κ1) is 24.8. The predicted octanol–water partition coefficient (Wildman–Crippen LogP) is 4.80. The molecule has 33 heavy (non-hydrogen) atoms. The lowest BCUT2D eigenvalue weighted by Crippen LogP contribution is -2.39. The predicted molar refractivity (Wildman–Crippen MR) is 133 cm³/mol. The summed E-state index contributed by atoms with van der Waals surface area (Å²) in [6.45, 7) is 10.6. The van der Waals surface area contributed by atoms with Crippen molar-refractivity contribution in [2.24, 2.45) is 11.8 Å². The number of para-hydroxylation sites is 2. The highest BCUT2D eigenvalue weighted by molar-refractivity contribution is 6.30. The molecule has 0 bridgehead atoms. The third kappa shape index (κ3) is 6.81. The van der Waals surface area contributed by atoms with Gasteiger partial charge in [-0.2, -0.15) is 0 Å². The molecule has 1 heterocycles. The number of aromatic nitrogens is 2. The Labute approximate surface area is 200 Å². The minimum absolute atomic E-state index is 0.0898. The van der Waals surface area contributed by atoms with Gasteiger partial charge < -0.3 is 14.8 Å². The van der Waals surface area contributed by atoms with Gasteiger partial charge in [0.05, 0.1) is 11.0 Å². The number of fused-ring (bicyclic) bond motifs is 1. The van der Waals surface area contributed by atoms with Crippen LogP contribution in [0, 0.1) is 11.8 Å². The number of carbonyl (C=O) groups excluding carboxylic acids is 2. The molecule has 0 unspecified atom stereocenters. The number of imidazole rings is 1. The number of halogens is 1. The maximum absolute atomic E-state index is 13.3. The summed E-state index contributed by atoms with van der Waals surface area (Å²) in [6, 6.07) is 14.6. The molecule has 0 aliphatic heterocycles. The Hall–Kier alpha value is -2.86. The maximum Gasteiger partial charge on any atom is 0.251 e. The Kier molecular flexibility index (Phi) is 8.50. The summed E-state index contributed by atoms with van der Waals surface area (Å²) >= 11 is 5.90. The van der Waals surface area contributed by atoms with Crippen molar-refractivity contribution in [2.45, 2.75) is 40.7 Å². The average Bonchev–Trinajstić information content (AvgIpc) is 3.10. The fourth-order valence-corrected chi connectivity index (χ4v) is 4.00. The van der Waals surface area contributed by atoms with Crippen LogP contribution in [0.5, 0.6) is 0 Å². The topological polar surface area (TPSA) is 67.2 Å². The SMILES string of the molecule is CC(C)CN(CC(C)C)C(=O)Cn1c(CCNC(=O)c2ccc(Cl)cc2)nc2ccccc21. The number of benzene rings is 2. The van der Waals surface area contributed by atoms with Gasteiger partial charge in [-0.1, -0.05) is 51.4 Å². The molecule has 0 atom stereocenters. The van der Waals surface area contributed by atoms with Gasteiger partial charge >= 0.3 is 0 Å². The minimum Gasteiger partial charge on any atom is -0.352 e. The van der Waals surface area contributed by atoms with Crippen LogP contribution in [-0.2, 0) is 17.8 Å². The Morgan fingerprint density at radius 3 is 2.27 bits per heavy atom. The molecule has 3 aromatic rings. The standard InChI is InChI=1S/C26H33ClN4O2/c1-18(2)15-30(16-19(3)4)25(32)17-31-23-8-6-5-7-22(23)29-24(31)13-14-28-26(33)20-9-11-21(27)12-10-20/h5-12,18-19H,13-17H2,1-4H3,(H,28,33). The van der Waals surface area contributed by atoms with E-state index < -0.39 is 0 Å². The monoisotopic (exact) mass is 468 g/mol. The van der Waals surface area contributed by atoms with Crippen LogP contribution in [-0.4, -0.2) is 45.9 Å². The van der Waals surface area contributed by atoms with Crippen LogP contribution in [0.1, 0.15) is 43.9 Å². The Morgan fingerprint density at radius 1 is 1.00 bits per heavy atom. The number of carbonyl (C=O) groups is 2. The van der Waals surface area contributed by atoms with Crippen molar-refractivity contribution < 1.29 is 9.59 Å². The van der Waals surface area contributed by atoms with Crippen LogP contribution < -0.4 is 5.32 Å². The second-order valence-electron chi connectivity index (χ2n) is 9.20. The van der Waals surface area contributed by atoms with Crippen LogP contribution in [0.15, 0.2) is 48.5 Å². The van der Waals surface area contributed by atoms with Crippen molar-refractivity contribution in [1.82, 2.24) is 19.8 Å². The summed E-state index contributed by atoms with van der Waals surface area (Å²) in [7, 11) is 0. The van der Waals surface area contributed by atoms with Crippen LogP contribution in [0.25, 0.3) is 11.0 Å². The van der Waals surface area contributed by atoms with E-state index >= 15 is 0 Å². The fourth-order valence-electron chi connectivity index (χ4n) is 3.88. The first-order valence-electron chi connectivity index (χ1n) is 11.5. The Bertz CT molecular complexity index is 1080. The third-order valence-electron chi connectivity index (χ3n) is 5.29. The summed E-state index contributed by atoms with van der Waals surface area (Å²) in [6.07, 6.45) is 0.523. The van der Waals surface area contributed by atoms with Gasteiger partial charge in [0.25, 0.3) is 5.91 Å². The lowest BCUT2D eigenvalue weighted by molar-refractivity contribution is -0.132. The lowest BCUT2D eigenvalue weighted by atomic mass is 10.1. The normalized spacial score (nSPS) is 11.4. The molecule has 0 saturated heterocycles. The van der Waals surface area contributed by atoms with Crippen molar-refractivity contribution in [3.8, 4) is 0 Å². The quantitative estimate of drug-likeness (QED) is 0.464. The largest absolute Gasteiger partial charge is 0.352 e. The number of rotatable bonds is 10. The van der Waals surface area contributed by atoms with E-state index in [1.165, 1.54) is 0 Å². The van der Waals surface area contributed by atoms with Crippen LogP contribution >= 0.6 is 11.6 Å².